The van der Waals surface area contributed by atoms with Gasteiger partial charge in [0, 0.05) is 38.2 Å². The van der Waals surface area contributed by atoms with Crippen LogP contribution in [0.15, 0.2) is 24.5 Å². The summed E-state index contributed by atoms with van der Waals surface area (Å²) in [4.78, 5) is 10.8. The minimum atomic E-state index is -2.90. The van der Waals surface area contributed by atoms with Crippen LogP contribution < -0.4 is 24.3 Å². The minimum absolute atomic E-state index is 0.0644. The Labute approximate surface area is 231 Å². The average Bonchev–Trinajstić information content (AvgIpc) is 3.44. The van der Waals surface area contributed by atoms with Crippen molar-refractivity contribution in [3.8, 4) is 34.8 Å². The molecule has 0 saturated carbocycles. The molecule has 40 heavy (non-hydrogen) atoms. The van der Waals surface area contributed by atoms with Gasteiger partial charge in [-0.2, -0.15) is 0 Å². The lowest BCUT2D eigenvalue weighted by Crippen LogP contribution is -2.40. The first-order valence-electron chi connectivity index (χ1n) is 12.6. The first-order valence-corrected chi connectivity index (χ1v) is 14.5. The highest BCUT2D eigenvalue weighted by Crippen LogP contribution is 2.45. The lowest BCUT2D eigenvalue weighted by atomic mass is 10.1. The van der Waals surface area contributed by atoms with E-state index in [0.29, 0.717) is 59.2 Å². The molecule has 11 nitrogen and oxygen atoms in total. The highest BCUT2D eigenvalue weighted by atomic mass is 32.2. The van der Waals surface area contributed by atoms with Crippen LogP contribution in [0.5, 0.6) is 23.0 Å². The molecule has 0 spiro atoms. The highest BCUT2D eigenvalue weighted by molar-refractivity contribution is 7.91. The Balaban J connectivity index is 1.33. The van der Waals surface area contributed by atoms with E-state index in [9.17, 15) is 8.42 Å². The van der Waals surface area contributed by atoms with Crippen LogP contribution in [0.2, 0.25) is 0 Å². The van der Waals surface area contributed by atoms with Gasteiger partial charge in [-0.15, -0.1) is 0 Å². The summed E-state index contributed by atoms with van der Waals surface area (Å²) in [5, 5.41) is 3.61. The monoisotopic (exact) mass is 572 g/mol. The van der Waals surface area contributed by atoms with Crippen molar-refractivity contribution >= 4 is 32.2 Å². The molecule has 212 valence electrons. The Morgan fingerprint density at radius 2 is 1.90 bits per heavy atom. The maximum atomic E-state index is 15.2. The summed E-state index contributed by atoms with van der Waals surface area (Å²) in [7, 11) is 0.148. The van der Waals surface area contributed by atoms with Gasteiger partial charge in [0.25, 0.3) is 0 Å². The molecule has 2 aliphatic rings. The number of sulfone groups is 1. The SMILES string of the molecule is COCC#Cc1cc(F)c(Nc2ncnc3cc(OCCCN4CCS(=O)(=O)CC4)c(OC)cc23)c2c1OCO2. The number of rotatable bonds is 9. The molecule has 0 unspecified atom stereocenters. The topological polar surface area (TPSA) is 121 Å². The average molecular weight is 573 g/mol. The Bertz CT molecular complexity index is 1560. The first kappa shape index (κ1) is 27.7. The predicted octanol–water partition coefficient (Wildman–Crippen LogP) is 2.75. The van der Waals surface area contributed by atoms with Gasteiger partial charge in [0.1, 0.15) is 24.4 Å². The summed E-state index contributed by atoms with van der Waals surface area (Å²) in [6.45, 7) is 2.36. The molecule has 3 aromatic rings. The largest absolute Gasteiger partial charge is 0.493 e. The van der Waals surface area contributed by atoms with Gasteiger partial charge in [-0.25, -0.2) is 22.8 Å². The quantitative estimate of drug-likeness (QED) is 0.301. The number of benzene rings is 2. The van der Waals surface area contributed by atoms with Crippen molar-refractivity contribution in [2.75, 3.05) is 70.7 Å². The number of nitrogens with zero attached hydrogens (tertiary/aromatic N) is 3. The zero-order valence-corrected chi connectivity index (χ0v) is 23.0. The van der Waals surface area contributed by atoms with Crippen molar-refractivity contribution in [2.24, 2.45) is 0 Å². The van der Waals surface area contributed by atoms with Gasteiger partial charge < -0.3 is 33.9 Å². The zero-order chi connectivity index (χ0) is 28.1. The van der Waals surface area contributed by atoms with E-state index in [2.05, 4.69) is 32.0 Å². The smallest absolute Gasteiger partial charge is 0.231 e. The van der Waals surface area contributed by atoms with Gasteiger partial charge in [0.2, 0.25) is 6.79 Å². The molecular weight excluding hydrogens is 543 g/mol. The fourth-order valence-electron chi connectivity index (χ4n) is 4.45. The molecule has 1 N–H and O–H groups in total. The van der Waals surface area contributed by atoms with E-state index in [1.807, 2.05) is 0 Å². The second kappa shape index (κ2) is 12.1. The number of halogens is 1. The number of fused-ring (bicyclic) bond motifs is 2. The second-order valence-electron chi connectivity index (χ2n) is 9.14. The summed E-state index contributed by atoms with van der Waals surface area (Å²) >= 11 is 0. The van der Waals surface area contributed by atoms with Crippen molar-refractivity contribution in [2.45, 2.75) is 6.42 Å². The van der Waals surface area contributed by atoms with E-state index in [1.54, 1.807) is 12.1 Å². The molecule has 2 aromatic carbocycles. The standard InChI is InChI=1S/C27H29FN4O7S/c1-35-9-3-5-18-13-20(28)24(26-25(18)38-17-39-26)31-27-19-14-22(36-2)23(15-21(19)29-16-30-27)37-10-4-6-32-7-11-40(33,34)12-8-32/h13-16H,4,6-12,17H2,1-2H3,(H,29,30,31). The van der Waals surface area contributed by atoms with E-state index in [-0.39, 0.29) is 36.3 Å². The highest BCUT2D eigenvalue weighted by Gasteiger charge is 2.26. The summed E-state index contributed by atoms with van der Waals surface area (Å²) in [5.41, 5.74) is 0.981. The van der Waals surface area contributed by atoms with Crippen LogP contribution in [-0.4, -0.2) is 88.7 Å². The lowest BCUT2D eigenvalue weighted by molar-refractivity contribution is 0.174. The number of nitrogens with one attached hydrogen (secondary N) is 1. The van der Waals surface area contributed by atoms with E-state index in [4.69, 9.17) is 23.7 Å². The number of hydrogen-bond acceptors (Lipinski definition) is 11. The molecule has 2 aliphatic heterocycles. The normalized spacial score (nSPS) is 15.9. The lowest BCUT2D eigenvalue weighted by Gasteiger charge is -2.26. The number of aromatic nitrogens is 2. The Morgan fingerprint density at radius 1 is 1.10 bits per heavy atom. The van der Waals surface area contributed by atoms with Crippen molar-refractivity contribution < 1.29 is 36.5 Å². The van der Waals surface area contributed by atoms with E-state index in [1.165, 1.54) is 26.6 Å². The van der Waals surface area contributed by atoms with Crippen LogP contribution in [0.4, 0.5) is 15.9 Å². The summed E-state index contributed by atoms with van der Waals surface area (Å²) < 4.78 is 66.1. The third kappa shape index (κ3) is 6.14. The first-order chi connectivity index (χ1) is 19.4. The second-order valence-corrected chi connectivity index (χ2v) is 11.4. The van der Waals surface area contributed by atoms with E-state index in [0.717, 1.165) is 13.0 Å². The van der Waals surface area contributed by atoms with Crippen LogP contribution >= 0.6 is 0 Å². The van der Waals surface area contributed by atoms with Crippen molar-refractivity contribution in [3.05, 3.63) is 35.9 Å². The third-order valence-electron chi connectivity index (χ3n) is 6.51. The molecule has 5 rings (SSSR count). The van der Waals surface area contributed by atoms with Gasteiger partial charge >= 0.3 is 0 Å². The van der Waals surface area contributed by atoms with Crippen molar-refractivity contribution in [1.82, 2.24) is 14.9 Å². The zero-order valence-electron chi connectivity index (χ0n) is 22.2. The predicted molar refractivity (Wildman–Crippen MR) is 146 cm³/mol. The van der Waals surface area contributed by atoms with E-state index < -0.39 is 15.7 Å². The maximum Gasteiger partial charge on any atom is 0.231 e. The van der Waals surface area contributed by atoms with E-state index >= 15 is 4.39 Å². The summed E-state index contributed by atoms with van der Waals surface area (Å²) in [6, 6.07) is 4.74. The molecule has 0 bridgehead atoms. The molecule has 1 saturated heterocycles. The number of methoxy groups -OCH3 is 2. The molecule has 3 heterocycles. The molecule has 0 atom stereocenters. The molecule has 0 amide bonds. The van der Waals surface area contributed by atoms with Crippen LogP contribution in [0, 0.1) is 17.7 Å². The number of anilines is 2. The fourth-order valence-corrected chi connectivity index (χ4v) is 5.73. The molecule has 1 fully saturated rings. The maximum absolute atomic E-state index is 15.2. The number of hydrogen-bond donors (Lipinski definition) is 1. The summed E-state index contributed by atoms with van der Waals surface area (Å²) in [6.07, 6.45) is 2.08. The fraction of sp³-hybridized carbons (Fsp3) is 0.407. The van der Waals surface area contributed by atoms with Gasteiger partial charge in [0.15, 0.2) is 38.7 Å². The molecule has 1 aromatic heterocycles. The summed E-state index contributed by atoms with van der Waals surface area (Å²) in [5.74, 6) is 7.28. The third-order valence-corrected chi connectivity index (χ3v) is 8.12. The Hall–Kier alpha value is -3.86. The minimum Gasteiger partial charge on any atom is -0.493 e. The van der Waals surface area contributed by atoms with Crippen molar-refractivity contribution in [3.63, 3.8) is 0 Å². The van der Waals surface area contributed by atoms with Crippen LogP contribution in [0.25, 0.3) is 10.9 Å². The Morgan fingerprint density at radius 3 is 2.67 bits per heavy atom. The van der Waals surface area contributed by atoms with Crippen LogP contribution in [0.3, 0.4) is 0 Å². The number of ether oxygens (including phenoxy) is 5. The van der Waals surface area contributed by atoms with Gasteiger partial charge in [-0.1, -0.05) is 11.8 Å². The molecule has 0 aliphatic carbocycles. The van der Waals surface area contributed by atoms with Gasteiger partial charge in [-0.05, 0) is 18.6 Å². The molecular formula is C27H29FN4O7S. The van der Waals surface area contributed by atoms with Crippen LogP contribution in [0.1, 0.15) is 12.0 Å². The van der Waals surface area contributed by atoms with Gasteiger partial charge in [0.05, 0.1) is 36.3 Å². The van der Waals surface area contributed by atoms with Crippen molar-refractivity contribution in [1.29, 1.82) is 0 Å². The van der Waals surface area contributed by atoms with Gasteiger partial charge in [-0.3, -0.25) is 0 Å². The van der Waals surface area contributed by atoms with Crippen LogP contribution in [-0.2, 0) is 14.6 Å². The molecule has 0 radical (unpaired) electrons. The molecule has 13 heteroatoms. The Kier molecular flexibility index (Phi) is 8.39.